The average Bonchev–Trinajstić information content (AvgIpc) is 2.63. The molecule has 16 heavy (non-hydrogen) atoms. The molecule has 5 heteroatoms. The number of anilines is 1. The molecule has 0 atom stereocenters. The highest BCUT2D eigenvalue weighted by atomic mass is 79.9. The SMILES string of the molecule is Cn1cc(NCc2ccc(Cl)cc2Br)cn1. The first-order valence-electron chi connectivity index (χ1n) is 4.81. The lowest BCUT2D eigenvalue weighted by molar-refractivity contribution is 0.768. The Bertz CT molecular complexity index is 496. The van der Waals surface area contributed by atoms with Crippen LogP contribution in [0.1, 0.15) is 5.56 Å². The van der Waals surface area contributed by atoms with E-state index in [1.807, 2.05) is 31.4 Å². The number of nitrogens with one attached hydrogen (secondary N) is 1. The van der Waals surface area contributed by atoms with Crippen LogP contribution in [-0.2, 0) is 13.6 Å². The average molecular weight is 301 g/mol. The summed E-state index contributed by atoms with van der Waals surface area (Å²) in [6.45, 7) is 0.740. The second-order valence-electron chi connectivity index (χ2n) is 3.49. The lowest BCUT2D eigenvalue weighted by Gasteiger charge is -2.06. The summed E-state index contributed by atoms with van der Waals surface area (Å²) in [5, 5.41) is 8.11. The maximum Gasteiger partial charge on any atom is 0.0729 e. The Labute approximate surface area is 108 Å². The predicted octanol–water partition coefficient (Wildman–Crippen LogP) is 3.45. The Morgan fingerprint density at radius 3 is 2.94 bits per heavy atom. The van der Waals surface area contributed by atoms with Gasteiger partial charge in [-0.25, -0.2) is 0 Å². The summed E-state index contributed by atoms with van der Waals surface area (Å²) < 4.78 is 2.77. The van der Waals surface area contributed by atoms with Gasteiger partial charge in [0.2, 0.25) is 0 Å². The summed E-state index contributed by atoms with van der Waals surface area (Å²) in [4.78, 5) is 0. The molecule has 0 amide bonds. The van der Waals surface area contributed by atoms with Crippen LogP contribution in [0, 0.1) is 0 Å². The van der Waals surface area contributed by atoms with Crippen molar-refractivity contribution >= 4 is 33.2 Å². The molecule has 3 nitrogen and oxygen atoms in total. The summed E-state index contributed by atoms with van der Waals surface area (Å²) >= 11 is 9.35. The number of benzene rings is 1. The van der Waals surface area contributed by atoms with Crippen LogP contribution < -0.4 is 5.32 Å². The molecule has 1 aromatic carbocycles. The molecule has 0 radical (unpaired) electrons. The first-order chi connectivity index (χ1) is 7.65. The molecular weight excluding hydrogens is 289 g/mol. The van der Waals surface area contributed by atoms with Gasteiger partial charge in [0, 0.05) is 29.3 Å². The van der Waals surface area contributed by atoms with E-state index >= 15 is 0 Å². The Morgan fingerprint density at radius 1 is 1.50 bits per heavy atom. The third kappa shape index (κ3) is 2.77. The molecule has 0 aliphatic carbocycles. The first-order valence-corrected chi connectivity index (χ1v) is 5.99. The highest BCUT2D eigenvalue weighted by molar-refractivity contribution is 9.10. The summed E-state index contributed by atoms with van der Waals surface area (Å²) in [7, 11) is 1.89. The smallest absolute Gasteiger partial charge is 0.0729 e. The molecule has 1 heterocycles. The van der Waals surface area contributed by atoms with E-state index in [-0.39, 0.29) is 0 Å². The third-order valence-corrected chi connectivity index (χ3v) is 3.18. The van der Waals surface area contributed by atoms with E-state index in [2.05, 4.69) is 26.3 Å². The van der Waals surface area contributed by atoms with Crippen LogP contribution in [0.3, 0.4) is 0 Å². The molecule has 0 fully saturated rings. The molecular formula is C11H11BrClN3. The minimum absolute atomic E-state index is 0.733. The van der Waals surface area contributed by atoms with Crippen molar-refractivity contribution in [1.29, 1.82) is 0 Å². The minimum atomic E-state index is 0.733. The van der Waals surface area contributed by atoms with Crippen LogP contribution in [0.4, 0.5) is 5.69 Å². The Morgan fingerprint density at radius 2 is 2.31 bits per heavy atom. The Hall–Kier alpha value is -1.00. The van der Waals surface area contributed by atoms with Crippen LogP contribution >= 0.6 is 27.5 Å². The van der Waals surface area contributed by atoms with E-state index in [1.165, 1.54) is 0 Å². The largest absolute Gasteiger partial charge is 0.378 e. The van der Waals surface area contributed by atoms with Crippen LogP contribution in [0.15, 0.2) is 35.1 Å². The molecule has 0 spiro atoms. The lowest BCUT2D eigenvalue weighted by Crippen LogP contribution is -1.99. The van der Waals surface area contributed by atoms with Crippen molar-refractivity contribution < 1.29 is 0 Å². The fourth-order valence-electron chi connectivity index (χ4n) is 1.37. The third-order valence-electron chi connectivity index (χ3n) is 2.20. The molecule has 2 rings (SSSR count). The molecule has 1 aromatic heterocycles. The fraction of sp³-hybridized carbons (Fsp3) is 0.182. The van der Waals surface area contributed by atoms with Crippen molar-refractivity contribution in [3.63, 3.8) is 0 Å². The van der Waals surface area contributed by atoms with Gasteiger partial charge >= 0.3 is 0 Å². The minimum Gasteiger partial charge on any atom is -0.378 e. The Balaban J connectivity index is 2.04. The van der Waals surface area contributed by atoms with Gasteiger partial charge in [0.05, 0.1) is 11.9 Å². The second-order valence-corrected chi connectivity index (χ2v) is 4.78. The highest BCUT2D eigenvalue weighted by Crippen LogP contribution is 2.22. The Kier molecular flexibility index (Phi) is 3.51. The molecule has 0 aliphatic rings. The van der Waals surface area contributed by atoms with Crippen LogP contribution in [0.25, 0.3) is 0 Å². The van der Waals surface area contributed by atoms with Gasteiger partial charge in [-0.3, -0.25) is 4.68 Å². The summed E-state index contributed by atoms with van der Waals surface area (Å²) in [5.41, 5.74) is 2.16. The van der Waals surface area contributed by atoms with Gasteiger partial charge in [0.25, 0.3) is 0 Å². The van der Waals surface area contributed by atoms with Crippen LogP contribution in [0.5, 0.6) is 0 Å². The van der Waals surface area contributed by atoms with Crippen molar-refractivity contribution in [3.8, 4) is 0 Å². The van der Waals surface area contributed by atoms with Crippen LogP contribution in [-0.4, -0.2) is 9.78 Å². The van der Waals surface area contributed by atoms with Crippen molar-refractivity contribution in [2.45, 2.75) is 6.54 Å². The second kappa shape index (κ2) is 4.89. The topological polar surface area (TPSA) is 29.9 Å². The molecule has 0 saturated heterocycles. The summed E-state index contributed by atoms with van der Waals surface area (Å²) in [6, 6.07) is 5.77. The molecule has 0 saturated carbocycles. The number of halogens is 2. The van der Waals surface area contributed by atoms with Gasteiger partial charge in [-0.2, -0.15) is 5.10 Å². The van der Waals surface area contributed by atoms with E-state index in [0.29, 0.717) is 0 Å². The zero-order chi connectivity index (χ0) is 11.5. The van der Waals surface area contributed by atoms with Crippen molar-refractivity contribution in [1.82, 2.24) is 9.78 Å². The molecule has 84 valence electrons. The van der Waals surface area contributed by atoms with Crippen molar-refractivity contribution in [2.24, 2.45) is 7.05 Å². The molecule has 0 bridgehead atoms. The standard InChI is InChI=1S/C11H11BrClN3/c1-16-7-10(6-15-16)14-5-8-2-3-9(13)4-11(8)12/h2-4,6-7,14H,5H2,1H3. The number of hydrogen-bond donors (Lipinski definition) is 1. The zero-order valence-electron chi connectivity index (χ0n) is 8.74. The van der Waals surface area contributed by atoms with Crippen molar-refractivity contribution in [2.75, 3.05) is 5.32 Å². The van der Waals surface area contributed by atoms with Crippen molar-refractivity contribution in [3.05, 3.63) is 45.7 Å². The fourth-order valence-corrected chi connectivity index (χ4v) is 2.20. The van der Waals surface area contributed by atoms with Gasteiger partial charge < -0.3 is 5.32 Å². The maximum atomic E-state index is 5.87. The normalized spacial score (nSPS) is 10.4. The van der Waals surface area contributed by atoms with E-state index in [0.717, 1.165) is 27.3 Å². The van der Waals surface area contributed by atoms with Gasteiger partial charge in [-0.15, -0.1) is 0 Å². The zero-order valence-corrected chi connectivity index (χ0v) is 11.1. The van der Waals surface area contributed by atoms with E-state index in [1.54, 1.807) is 10.9 Å². The number of nitrogens with zero attached hydrogens (tertiary/aromatic N) is 2. The number of rotatable bonds is 3. The van der Waals surface area contributed by atoms with Crippen LogP contribution in [0.2, 0.25) is 5.02 Å². The molecule has 0 unspecified atom stereocenters. The van der Waals surface area contributed by atoms with E-state index < -0.39 is 0 Å². The van der Waals surface area contributed by atoms with Gasteiger partial charge in [-0.1, -0.05) is 33.6 Å². The van der Waals surface area contributed by atoms with Gasteiger partial charge in [0.1, 0.15) is 0 Å². The quantitative estimate of drug-likeness (QED) is 0.941. The molecule has 1 N–H and O–H groups in total. The number of hydrogen-bond acceptors (Lipinski definition) is 2. The van der Waals surface area contributed by atoms with E-state index in [4.69, 9.17) is 11.6 Å². The maximum absolute atomic E-state index is 5.87. The molecule has 2 aromatic rings. The number of aromatic nitrogens is 2. The summed E-state index contributed by atoms with van der Waals surface area (Å²) in [6.07, 6.45) is 3.73. The monoisotopic (exact) mass is 299 g/mol. The van der Waals surface area contributed by atoms with Gasteiger partial charge in [-0.05, 0) is 17.7 Å². The highest BCUT2D eigenvalue weighted by Gasteiger charge is 2.01. The van der Waals surface area contributed by atoms with E-state index in [9.17, 15) is 0 Å². The van der Waals surface area contributed by atoms with Gasteiger partial charge in [0.15, 0.2) is 0 Å². The number of aryl methyl sites for hydroxylation is 1. The lowest BCUT2D eigenvalue weighted by atomic mass is 10.2. The summed E-state index contributed by atoms with van der Waals surface area (Å²) in [5.74, 6) is 0. The first kappa shape index (κ1) is 11.5. The molecule has 0 aliphatic heterocycles. The predicted molar refractivity (Wildman–Crippen MR) is 69.7 cm³/mol.